The van der Waals surface area contributed by atoms with Gasteiger partial charge in [0.2, 0.25) is 0 Å². The van der Waals surface area contributed by atoms with Crippen LogP contribution in [0.25, 0.3) is 0 Å². The molecule has 0 aromatic heterocycles. The molecule has 4 nitrogen and oxygen atoms in total. The second-order valence-corrected chi connectivity index (χ2v) is 9.61. The van der Waals surface area contributed by atoms with Gasteiger partial charge in [0.05, 0.1) is 13.2 Å². The third-order valence-corrected chi connectivity index (χ3v) is 6.80. The van der Waals surface area contributed by atoms with Gasteiger partial charge in [-0.05, 0) is 69.1 Å². The van der Waals surface area contributed by atoms with Crippen LogP contribution in [-0.2, 0) is 20.7 Å². The smallest absolute Gasteiger partial charge is 0.321 e. The van der Waals surface area contributed by atoms with E-state index in [0.717, 1.165) is 12.3 Å². The Balaban J connectivity index is 1.45. The molecule has 0 radical (unpaired) electrons. The summed E-state index contributed by atoms with van der Waals surface area (Å²) < 4.78 is 17.7. The van der Waals surface area contributed by atoms with E-state index in [1.165, 1.54) is 63.4 Å². The molecule has 1 aliphatic carbocycles. The summed E-state index contributed by atoms with van der Waals surface area (Å²) >= 11 is 0. The Labute approximate surface area is 182 Å². The Kier molecular flexibility index (Phi) is 8.76. The van der Waals surface area contributed by atoms with Crippen molar-refractivity contribution in [3.63, 3.8) is 0 Å². The van der Waals surface area contributed by atoms with Crippen molar-refractivity contribution >= 4 is 5.97 Å². The second kappa shape index (κ2) is 11.3. The van der Waals surface area contributed by atoms with E-state index in [9.17, 15) is 4.79 Å². The molecule has 1 aromatic carbocycles. The average molecular weight is 417 g/mol. The third kappa shape index (κ3) is 6.31. The number of aryl methyl sites for hydroxylation is 1. The van der Waals surface area contributed by atoms with Crippen molar-refractivity contribution in [3.05, 3.63) is 29.8 Å². The van der Waals surface area contributed by atoms with Crippen LogP contribution in [0.4, 0.5) is 0 Å². The monoisotopic (exact) mass is 416 g/mol. The highest BCUT2D eigenvalue weighted by Gasteiger charge is 2.43. The van der Waals surface area contributed by atoms with Crippen molar-refractivity contribution in [3.8, 4) is 5.75 Å². The van der Waals surface area contributed by atoms with Crippen LogP contribution in [0.3, 0.4) is 0 Å². The van der Waals surface area contributed by atoms with E-state index in [1.807, 2.05) is 19.1 Å². The summed E-state index contributed by atoms with van der Waals surface area (Å²) in [5.41, 5.74) is 0.533. The van der Waals surface area contributed by atoms with E-state index in [1.54, 1.807) is 0 Å². The molecule has 1 heterocycles. The summed E-state index contributed by atoms with van der Waals surface area (Å²) in [6.45, 7) is 7.08. The van der Waals surface area contributed by atoms with Crippen LogP contribution in [0.1, 0.15) is 84.1 Å². The summed E-state index contributed by atoms with van der Waals surface area (Å²) in [4.78, 5) is 12.8. The molecule has 3 rings (SSSR count). The summed E-state index contributed by atoms with van der Waals surface area (Å²) in [7, 11) is 0. The SMILES string of the molecule is CCCCCc1ccc(OC(=O)C2(C)COC(C3CCC(CCC)CC3)OC2)cc1. The zero-order valence-electron chi connectivity index (χ0n) is 19.2. The molecular weight excluding hydrogens is 376 g/mol. The molecule has 4 heteroatoms. The van der Waals surface area contributed by atoms with E-state index >= 15 is 0 Å². The summed E-state index contributed by atoms with van der Waals surface area (Å²) in [6.07, 6.45) is 12.1. The van der Waals surface area contributed by atoms with Gasteiger partial charge in [0.1, 0.15) is 11.2 Å². The van der Waals surface area contributed by atoms with Crippen LogP contribution in [0.15, 0.2) is 24.3 Å². The lowest BCUT2D eigenvalue weighted by atomic mass is 9.79. The van der Waals surface area contributed by atoms with Crippen molar-refractivity contribution in [2.24, 2.45) is 17.3 Å². The standard InChI is InChI=1S/C26H40O4/c1-4-6-7-9-21-12-16-23(17-13-21)30-25(27)26(3)18-28-24(29-19-26)22-14-10-20(8-5-2)11-15-22/h12-13,16-17,20,22,24H,4-11,14-15,18-19H2,1-3H3. The largest absolute Gasteiger partial charge is 0.426 e. The maximum absolute atomic E-state index is 12.8. The predicted octanol–water partition coefficient (Wildman–Crippen LogP) is 6.31. The Hall–Kier alpha value is -1.39. The Morgan fingerprint density at radius 3 is 2.27 bits per heavy atom. The molecule has 2 aliphatic rings. The number of carbonyl (C=O) groups is 1. The van der Waals surface area contributed by atoms with Crippen molar-refractivity contribution in [1.82, 2.24) is 0 Å². The lowest BCUT2D eigenvalue weighted by Crippen LogP contribution is -2.49. The van der Waals surface area contributed by atoms with Crippen LogP contribution < -0.4 is 4.74 Å². The highest BCUT2D eigenvalue weighted by molar-refractivity contribution is 5.79. The van der Waals surface area contributed by atoms with Gasteiger partial charge in [-0.15, -0.1) is 0 Å². The number of benzene rings is 1. The molecule has 1 saturated carbocycles. The van der Waals surface area contributed by atoms with Crippen molar-refractivity contribution in [2.75, 3.05) is 13.2 Å². The zero-order chi connectivity index (χ0) is 21.4. The highest BCUT2D eigenvalue weighted by atomic mass is 16.7. The van der Waals surface area contributed by atoms with Crippen LogP contribution in [0.5, 0.6) is 5.75 Å². The van der Waals surface area contributed by atoms with E-state index in [2.05, 4.69) is 26.0 Å². The molecule has 0 spiro atoms. The molecule has 0 unspecified atom stereocenters. The van der Waals surface area contributed by atoms with Gasteiger partial charge in [0.25, 0.3) is 0 Å². The maximum Gasteiger partial charge on any atom is 0.321 e. The molecule has 0 N–H and O–H groups in total. The fourth-order valence-corrected chi connectivity index (χ4v) is 4.70. The van der Waals surface area contributed by atoms with Gasteiger partial charge in [-0.3, -0.25) is 4.79 Å². The highest BCUT2D eigenvalue weighted by Crippen LogP contribution is 2.37. The zero-order valence-corrected chi connectivity index (χ0v) is 19.2. The van der Waals surface area contributed by atoms with Crippen molar-refractivity contribution in [1.29, 1.82) is 0 Å². The van der Waals surface area contributed by atoms with Crippen LogP contribution in [0, 0.1) is 17.3 Å². The molecule has 2 fully saturated rings. The number of ether oxygens (including phenoxy) is 3. The number of esters is 1. The first kappa shape index (κ1) is 23.3. The minimum Gasteiger partial charge on any atom is -0.426 e. The summed E-state index contributed by atoms with van der Waals surface area (Å²) in [6, 6.07) is 7.90. The second-order valence-electron chi connectivity index (χ2n) is 9.61. The molecule has 0 atom stereocenters. The van der Waals surface area contributed by atoms with E-state index in [4.69, 9.17) is 14.2 Å². The lowest BCUT2D eigenvalue weighted by molar-refractivity contribution is -0.250. The first-order valence-corrected chi connectivity index (χ1v) is 12.1. The number of carbonyl (C=O) groups excluding carboxylic acids is 1. The molecule has 1 saturated heterocycles. The number of rotatable bonds is 9. The van der Waals surface area contributed by atoms with Gasteiger partial charge in [-0.2, -0.15) is 0 Å². The molecule has 0 bridgehead atoms. The minimum absolute atomic E-state index is 0.171. The quantitative estimate of drug-likeness (QED) is 0.269. The fourth-order valence-electron chi connectivity index (χ4n) is 4.70. The molecule has 1 aromatic rings. The topological polar surface area (TPSA) is 44.8 Å². The molecule has 1 aliphatic heterocycles. The van der Waals surface area contributed by atoms with E-state index in [0.29, 0.717) is 24.9 Å². The summed E-state index contributed by atoms with van der Waals surface area (Å²) in [5.74, 6) is 1.65. The fraction of sp³-hybridized carbons (Fsp3) is 0.731. The Bertz CT molecular complexity index is 638. The normalized spacial score (nSPS) is 29.5. The van der Waals surface area contributed by atoms with Gasteiger partial charge in [-0.1, -0.05) is 51.7 Å². The number of hydrogen-bond donors (Lipinski definition) is 0. The third-order valence-electron chi connectivity index (χ3n) is 6.80. The van der Waals surface area contributed by atoms with Gasteiger partial charge in [0, 0.05) is 5.92 Å². The van der Waals surface area contributed by atoms with E-state index in [-0.39, 0.29) is 12.3 Å². The van der Waals surface area contributed by atoms with Crippen LogP contribution in [0.2, 0.25) is 0 Å². The Morgan fingerprint density at radius 2 is 1.67 bits per heavy atom. The van der Waals surface area contributed by atoms with Gasteiger partial charge >= 0.3 is 5.97 Å². The lowest BCUT2D eigenvalue weighted by Gasteiger charge is -2.40. The average Bonchev–Trinajstić information content (AvgIpc) is 2.76. The predicted molar refractivity (Wildman–Crippen MR) is 119 cm³/mol. The van der Waals surface area contributed by atoms with Gasteiger partial charge < -0.3 is 14.2 Å². The maximum atomic E-state index is 12.8. The molecule has 168 valence electrons. The Morgan fingerprint density at radius 1 is 1.00 bits per heavy atom. The molecule has 30 heavy (non-hydrogen) atoms. The molecule has 0 amide bonds. The first-order chi connectivity index (χ1) is 14.5. The molecular formula is C26H40O4. The number of unbranched alkanes of at least 4 members (excludes halogenated alkanes) is 2. The summed E-state index contributed by atoms with van der Waals surface area (Å²) in [5, 5.41) is 0. The first-order valence-electron chi connectivity index (χ1n) is 12.1. The van der Waals surface area contributed by atoms with Crippen LogP contribution >= 0.6 is 0 Å². The minimum atomic E-state index is -0.754. The van der Waals surface area contributed by atoms with Crippen molar-refractivity contribution < 1.29 is 19.0 Å². The van der Waals surface area contributed by atoms with E-state index < -0.39 is 5.41 Å². The van der Waals surface area contributed by atoms with Gasteiger partial charge in [-0.25, -0.2) is 0 Å². The van der Waals surface area contributed by atoms with Gasteiger partial charge in [0.15, 0.2) is 6.29 Å². The van der Waals surface area contributed by atoms with Crippen molar-refractivity contribution in [2.45, 2.75) is 91.3 Å². The number of hydrogen-bond acceptors (Lipinski definition) is 4. The van der Waals surface area contributed by atoms with Crippen LogP contribution in [-0.4, -0.2) is 25.5 Å².